The van der Waals surface area contributed by atoms with Crippen LogP contribution in [0, 0.1) is 0 Å². The van der Waals surface area contributed by atoms with E-state index in [-0.39, 0.29) is 0 Å². The van der Waals surface area contributed by atoms with Crippen molar-refractivity contribution < 1.29 is 4.74 Å². The van der Waals surface area contributed by atoms with E-state index in [9.17, 15) is 0 Å². The minimum atomic E-state index is 0.552. The number of rotatable bonds is 7. The largest absolute Gasteiger partial charge is 0.481 e. The molecule has 3 N–H and O–H groups in total. The molecule has 0 saturated carbocycles. The lowest BCUT2D eigenvalue weighted by atomic mass is 10.1. The summed E-state index contributed by atoms with van der Waals surface area (Å²) in [6, 6.07) is 11.7. The number of aryl methyl sites for hydroxylation is 1. The fourth-order valence-corrected chi connectivity index (χ4v) is 2.25. The second kappa shape index (κ2) is 7.66. The van der Waals surface area contributed by atoms with Crippen LogP contribution in [0.15, 0.2) is 36.4 Å². The molecule has 0 aliphatic rings. The predicted octanol–water partition coefficient (Wildman–Crippen LogP) is 2.91. The number of nitrogens with zero attached hydrogens (tertiary/aromatic N) is 2. The molecule has 5 nitrogen and oxygen atoms in total. The smallest absolute Gasteiger partial charge is 0.215 e. The number of para-hydroxylation sites is 1. The third-order valence-electron chi connectivity index (χ3n) is 3.37. The first-order chi connectivity index (χ1) is 10.6. The minimum absolute atomic E-state index is 0.552. The van der Waals surface area contributed by atoms with E-state index in [1.807, 2.05) is 30.3 Å². The van der Waals surface area contributed by atoms with Gasteiger partial charge in [-0.15, -0.1) is 0 Å². The van der Waals surface area contributed by atoms with E-state index in [0.29, 0.717) is 11.6 Å². The SMILES string of the molecule is COc1cc(N)c(Nc2ccccc2)c(CCCN(C)C)n1. The van der Waals surface area contributed by atoms with Gasteiger partial charge in [0.15, 0.2) is 0 Å². The van der Waals surface area contributed by atoms with Gasteiger partial charge in [0.25, 0.3) is 0 Å². The second-order valence-electron chi connectivity index (χ2n) is 5.47. The van der Waals surface area contributed by atoms with Gasteiger partial charge in [-0.1, -0.05) is 18.2 Å². The van der Waals surface area contributed by atoms with Crippen molar-refractivity contribution in [1.29, 1.82) is 0 Å². The van der Waals surface area contributed by atoms with Crippen LogP contribution in [0.3, 0.4) is 0 Å². The van der Waals surface area contributed by atoms with Crippen molar-refractivity contribution >= 4 is 17.1 Å². The molecule has 1 aromatic heterocycles. The molecule has 0 aliphatic heterocycles. The molecule has 0 radical (unpaired) electrons. The van der Waals surface area contributed by atoms with Crippen LogP contribution >= 0.6 is 0 Å². The van der Waals surface area contributed by atoms with Crippen molar-refractivity contribution in [1.82, 2.24) is 9.88 Å². The molecule has 118 valence electrons. The molecule has 0 saturated heterocycles. The standard InChI is InChI=1S/C17H24N4O/c1-21(2)11-7-10-15-17(14(18)12-16(20-15)22-3)19-13-8-5-4-6-9-13/h4-6,8-9,12,19H,7,10-11H2,1-3H3,(H2,18,20). The van der Waals surface area contributed by atoms with Gasteiger partial charge < -0.3 is 20.7 Å². The lowest BCUT2D eigenvalue weighted by Crippen LogP contribution is -2.14. The molecular weight excluding hydrogens is 276 g/mol. The van der Waals surface area contributed by atoms with Gasteiger partial charge in [-0.3, -0.25) is 0 Å². The Morgan fingerprint density at radius 1 is 1.23 bits per heavy atom. The number of nitrogens with two attached hydrogens (primary N) is 1. The molecule has 1 aromatic carbocycles. The first kappa shape index (κ1) is 16.1. The van der Waals surface area contributed by atoms with Crippen molar-refractivity contribution in [3.8, 4) is 5.88 Å². The van der Waals surface area contributed by atoms with Gasteiger partial charge in [-0.25, -0.2) is 4.98 Å². The topological polar surface area (TPSA) is 63.4 Å². The maximum atomic E-state index is 6.18. The van der Waals surface area contributed by atoms with Crippen molar-refractivity contribution in [2.75, 3.05) is 38.8 Å². The summed E-state index contributed by atoms with van der Waals surface area (Å²) in [5.74, 6) is 0.552. The van der Waals surface area contributed by atoms with E-state index in [1.54, 1.807) is 13.2 Å². The Kier molecular flexibility index (Phi) is 5.61. The summed E-state index contributed by atoms with van der Waals surface area (Å²) in [5, 5.41) is 3.37. The van der Waals surface area contributed by atoms with Crippen molar-refractivity contribution in [2.24, 2.45) is 0 Å². The lowest BCUT2D eigenvalue weighted by molar-refractivity contribution is 0.390. The molecule has 0 spiro atoms. The zero-order valence-corrected chi connectivity index (χ0v) is 13.5. The summed E-state index contributed by atoms with van der Waals surface area (Å²) < 4.78 is 5.24. The summed E-state index contributed by atoms with van der Waals surface area (Å²) >= 11 is 0. The van der Waals surface area contributed by atoms with Gasteiger partial charge in [0.05, 0.1) is 24.2 Å². The third-order valence-corrected chi connectivity index (χ3v) is 3.37. The highest BCUT2D eigenvalue weighted by Gasteiger charge is 2.12. The Labute approximate surface area is 132 Å². The maximum absolute atomic E-state index is 6.18. The minimum Gasteiger partial charge on any atom is -0.481 e. The molecule has 0 aliphatic carbocycles. The summed E-state index contributed by atoms with van der Waals surface area (Å²) in [4.78, 5) is 6.72. The van der Waals surface area contributed by atoms with E-state index in [0.717, 1.165) is 36.5 Å². The summed E-state index contributed by atoms with van der Waals surface area (Å²) in [7, 11) is 5.74. The zero-order valence-electron chi connectivity index (χ0n) is 13.5. The summed E-state index contributed by atoms with van der Waals surface area (Å²) in [6.45, 7) is 1.00. The first-order valence-corrected chi connectivity index (χ1v) is 7.40. The number of hydrogen-bond acceptors (Lipinski definition) is 5. The Balaban J connectivity index is 2.25. The zero-order chi connectivity index (χ0) is 15.9. The Hall–Kier alpha value is -2.27. The highest BCUT2D eigenvalue weighted by Crippen LogP contribution is 2.30. The van der Waals surface area contributed by atoms with Crippen molar-refractivity contribution in [3.05, 3.63) is 42.1 Å². The number of methoxy groups -OCH3 is 1. The summed E-state index contributed by atoms with van der Waals surface area (Å²) in [6.07, 6.45) is 1.85. The molecule has 1 heterocycles. The molecule has 0 fully saturated rings. The fraction of sp³-hybridized carbons (Fsp3) is 0.353. The van der Waals surface area contributed by atoms with Gasteiger partial charge in [0.2, 0.25) is 5.88 Å². The van der Waals surface area contributed by atoms with Crippen LogP contribution in [0.4, 0.5) is 17.1 Å². The van der Waals surface area contributed by atoms with Crippen LogP contribution < -0.4 is 15.8 Å². The molecular formula is C17H24N4O. The number of hydrogen-bond donors (Lipinski definition) is 2. The number of pyridine rings is 1. The van der Waals surface area contributed by atoms with Crippen LogP contribution in [0.1, 0.15) is 12.1 Å². The average Bonchev–Trinajstić information content (AvgIpc) is 2.50. The van der Waals surface area contributed by atoms with Gasteiger partial charge in [0, 0.05) is 11.8 Å². The maximum Gasteiger partial charge on any atom is 0.215 e. The normalized spacial score (nSPS) is 10.7. The van der Waals surface area contributed by atoms with E-state index in [2.05, 4.69) is 29.3 Å². The summed E-state index contributed by atoms with van der Waals surface area (Å²) in [5.41, 5.74) is 9.63. The monoisotopic (exact) mass is 300 g/mol. The molecule has 2 rings (SSSR count). The number of aromatic nitrogens is 1. The lowest BCUT2D eigenvalue weighted by Gasteiger charge is -2.16. The van der Waals surface area contributed by atoms with Crippen LogP contribution in [-0.4, -0.2) is 37.6 Å². The predicted molar refractivity (Wildman–Crippen MR) is 91.8 cm³/mol. The third kappa shape index (κ3) is 4.36. The molecule has 0 bridgehead atoms. The van der Waals surface area contributed by atoms with Crippen LogP contribution in [0.5, 0.6) is 5.88 Å². The van der Waals surface area contributed by atoms with Crippen LogP contribution in [-0.2, 0) is 6.42 Å². The molecule has 0 atom stereocenters. The van der Waals surface area contributed by atoms with E-state index in [4.69, 9.17) is 10.5 Å². The number of nitrogens with one attached hydrogen (secondary N) is 1. The van der Waals surface area contributed by atoms with Crippen LogP contribution in [0.25, 0.3) is 0 Å². The molecule has 22 heavy (non-hydrogen) atoms. The Bertz CT molecular complexity index is 599. The average molecular weight is 300 g/mol. The molecule has 0 unspecified atom stereocenters. The Morgan fingerprint density at radius 2 is 1.95 bits per heavy atom. The van der Waals surface area contributed by atoms with Crippen LogP contribution in [0.2, 0.25) is 0 Å². The number of nitrogen functional groups attached to an aromatic ring is 1. The van der Waals surface area contributed by atoms with Gasteiger partial charge >= 0.3 is 0 Å². The van der Waals surface area contributed by atoms with Gasteiger partial charge in [-0.05, 0) is 45.6 Å². The molecule has 2 aromatic rings. The van der Waals surface area contributed by atoms with Gasteiger partial charge in [0.1, 0.15) is 0 Å². The Morgan fingerprint density at radius 3 is 2.59 bits per heavy atom. The number of ether oxygens (including phenoxy) is 1. The van der Waals surface area contributed by atoms with Crippen molar-refractivity contribution in [3.63, 3.8) is 0 Å². The number of benzene rings is 1. The first-order valence-electron chi connectivity index (χ1n) is 7.40. The van der Waals surface area contributed by atoms with E-state index < -0.39 is 0 Å². The second-order valence-corrected chi connectivity index (χ2v) is 5.47. The molecule has 5 heteroatoms. The van der Waals surface area contributed by atoms with Gasteiger partial charge in [-0.2, -0.15) is 0 Å². The van der Waals surface area contributed by atoms with Crippen molar-refractivity contribution in [2.45, 2.75) is 12.8 Å². The highest BCUT2D eigenvalue weighted by molar-refractivity contribution is 5.75. The molecule has 0 amide bonds. The highest BCUT2D eigenvalue weighted by atomic mass is 16.5. The quantitative estimate of drug-likeness (QED) is 0.823. The number of anilines is 3. The fourth-order valence-electron chi connectivity index (χ4n) is 2.25. The van der Waals surface area contributed by atoms with E-state index >= 15 is 0 Å². The van der Waals surface area contributed by atoms with E-state index in [1.165, 1.54) is 0 Å².